The normalized spacial score (nSPS) is 10.4. The predicted molar refractivity (Wildman–Crippen MR) is 70.1 cm³/mol. The van der Waals surface area contributed by atoms with Crippen molar-refractivity contribution in [1.29, 1.82) is 0 Å². The Morgan fingerprint density at radius 3 is 2.50 bits per heavy atom. The van der Waals surface area contributed by atoms with Gasteiger partial charge < -0.3 is 5.32 Å². The van der Waals surface area contributed by atoms with Crippen molar-refractivity contribution in [1.82, 2.24) is 0 Å². The molecule has 2 aromatic rings. The molecule has 1 nitrogen and oxygen atoms in total. The molecule has 0 aromatic heterocycles. The number of benzene rings is 2. The highest BCUT2D eigenvalue weighted by atomic mass is 35.5. The minimum absolute atomic E-state index is 0.0861. The van der Waals surface area contributed by atoms with Gasteiger partial charge in [0.25, 0.3) is 0 Å². The predicted octanol–water partition coefficient (Wildman–Crippen LogP) is 4.88. The van der Waals surface area contributed by atoms with Gasteiger partial charge in [-0.2, -0.15) is 0 Å². The second kappa shape index (κ2) is 5.55. The van der Waals surface area contributed by atoms with Crippen LogP contribution >= 0.6 is 23.2 Å². The first kappa shape index (κ1) is 13.1. The van der Waals surface area contributed by atoms with Crippen LogP contribution in [0.4, 0.5) is 14.5 Å². The van der Waals surface area contributed by atoms with E-state index in [-0.39, 0.29) is 12.2 Å². The Hall–Kier alpha value is -1.32. The molecular weight excluding hydrogens is 279 g/mol. The lowest BCUT2D eigenvalue weighted by molar-refractivity contribution is 0.610. The molecule has 0 radical (unpaired) electrons. The van der Waals surface area contributed by atoms with Crippen LogP contribution in [0.15, 0.2) is 36.4 Å². The van der Waals surface area contributed by atoms with Crippen molar-refractivity contribution in [3.8, 4) is 0 Å². The number of hydrogen-bond donors (Lipinski definition) is 1. The van der Waals surface area contributed by atoms with E-state index in [0.717, 1.165) is 0 Å². The van der Waals surface area contributed by atoms with Crippen LogP contribution in [0, 0.1) is 11.6 Å². The van der Waals surface area contributed by atoms with Gasteiger partial charge in [0.1, 0.15) is 11.6 Å². The van der Waals surface area contributed by atoms with Gasteiger partial charge in [-0.1, -0.05) is 29.3 Å². The highest BCUT2D eigenvalue weighted by Crippen LogP contribution is 2.23. The molecule has 18 heavy (non-hydrogen) atoms. The van der Waals surface area contributed by atoms with Crippen LogP contribution in [0.3, 0.4) is 0 Å². The number of halogens is 4. The molecule has 2 aromatic carbocycles. The van der Waals surface area contributed by atoms with E-state index in [1.165, 1.54) is 30.3 Å². The van der Waals surface area contributed by atoms with Crippen LogP contribution in [0.25, 0.3) is 0 Å². The molecule has 1 N–H and O–H groups in total. The molecule has 0 aliphatic rings. The minimum Gasteiger partial charge on any atom is -0.378 e. The maximum absolute atomic E-state index is 13.5. The first-order valence-electron chi connectivity index (χ1n) is 5.20. The summed E-state index contributed by atoms with van der Waals surface area (Å²) in [6.07, 6.45) is 0. The Bertz CT molecular complexity index is 553. The topological polar surface area (TPSA) is 12.0 Å². The molecule has 0 saturated heterocycles. The fraction of sp³-hybridized carbons (Fsp3) is 0.0769. The van der Waals surface area contributed by atoms with Crippen molar-refractivity contribution >= 4 is 28.9 Å². The minimum atomic E-state index is -0.452. The van der Waals surface area contributed by atoms with Crippen LogP contribution < -0.4 is 5.32 Å². The van der Waals surface area contributed by atoms with Gasteiger partial charge in [-0.25, -0.2) is 8.78 Å². The molecule has 5 heteroatoms. The summed E-state index contributed by atoms with van der Waals surface area (Å²) in [5.41, 5.74) is 0.500. The third-order valence-electron chi connectivity index (χ3n) is 2.45. The second-order valence-electron chi connectivity index (χ2n) is 3.68. The Morgan fingerprint density at radius 2 is 1.78 bits per heavy atom. The first-order chi connectivity index (χ1) is 8.58. The summed E-state index contributed by atoms with van der Waals surface area (Å²) in [4.78, 5) is 0. The zero-order chi connectivity index (χ0) is 13.1. The summed E-state index contributed by atoms with van der Waals surface area (Å²) in [6.45, 7) is 0.0861. The smallest absolute Gasteiger partial charge is 0.146 e. The first-order valence-corrected chi connectivity index (χ1v) is 5.95. The number of anilines is 1. The summed E-state index contributed by atoms with van der Waals surface area (Å²) in [5.74, 6) is -0.885. The zero-order valence-corrected chi connectivity index (χ0v) is 10.7. The van der Waals surface area contributed by atoms with Gasteiger partial charge in [0.15, 0.2) is 0 Å². The Morgan fingerprint density at radius 1 is 1.00 bits per heavy atom. The Kier molecular flexibility index (Phi) is 4.04. The van der Waals surface area contributed by atoms with Crippen LogP contribution in [-0.4, -0.2) is 0 Å². The van der Waals surface area contributed by atoms with E-state index >= 15 is 0 Å². The van der Waals surface area contributed by atoms with E-state index in [4.69, 9.17) is 23.2 Å². The summed E-state index contributed by atoms with van der Waals surface area (Å²) in [6, 6.07) is 8.52. The van der Waals surface area contributed by atoms with E-state index in [0.29, 0.717) is 15.6 Å². The monoisotopic (exact) mass is 287 g/mol. The quantitative estimate of drug-likeness (QED) is 0.848. The lowest BCUT2D eigenvalue weighted by atomic mass is 10.2. The van der Waals surface area contributed by atoms with Gasteiger partial charge in [0.05, 0.1) is 5.69 Å². The number of hydrogen-bond acceptors (Lipinski definition) is 1. The molecule has 0 aliphatic carbocycles. The van der Waals surface area contributed by atoms with E-state index in [9.17, 15) is 8.78 Å². The van der Waals surface area contributed by atoms with Crippen molar-refractivity contribution in [2.45, 2.75) is 6.54 Å². The highest BCUT2D eigenvalue weighted by Gasteiger charge is 2.08. The van der Waals surface area contributed by atoms with Crippen molar-refractivity contribution < 1.29 is 8.78 Å². The molecule has 0 heterocycles. The van der Waals surface area contributed by atoms with E-state index < -0.39 is 11.6 Å². The summed E-state index contributed by atoms with van der Waals surface area (Å²) in [7, 11) is 0. The zero-order valence-electron chi connectivity index (χ0n) is 9.18. The van der Waals surface area contributed by atoms with Crippen molar-refractivity contribution in [2.75, 3.05) is 5.32 Å². The van der Waals surface area contributed by atoms with Crippen molar-refractivity contribution in [3.63, 3.8) is 0 Å². The lowest BCUT2D eigenvalue weighted by Gasteiger charge is -2.10. The van der Waals surface area contributed by atoms with Crippen LogP contribution in [-0.2, 0) is 6.54 Å². The standard InChI is InChI=1S/C13H9Cl2F2N/c14-8-4-5-12(17)13(6-8)18-7-9-10(15)2-1-3-11(9)16/h1-6,18H,7H2. The maximum Gasteiger partial charge on any atom is 0.146 e. The van der Waals surface area contributed by atoms with E-state index in [1.807, 2.05) is 0 Å². The van der Waals surface area contributed by atoms with E-state index in [1.54, 1.807) is 6.07 Å². The molecule has 0 atom stereocenters. The Balaban J connectivity index is 2.19. The van der Waals surface area contributed by atoms with Gasteiger partial charge in [-0.3, -0.25) is 0 Å². The molecular formula is C13H9Cl2F2N. The Labute approximate surface area is 113 Å². The highest BCUT2D eigenvalue weighted by molar-refractivity contribution is 6.31. The fourth-order valence-corrected chi connectivity index (χ4v) is 1.92. The molecule has 2 rings (SSSR count). The largest absolute Gasteiger partial charge is 0.378 e. The van der Waals surface area contributed by atoms with E-state index in [2.05, 4.69) is 5.32 Å². The van der Waals surface area contributed by atoms with Gasteiger partial charge in [-0.15, -0.1) is 0 Å². The molecule has 0 bridgehead atoms. The summed E-state index contributed by atoms with van der Waals surface area (Å²) < 4.78 is 26.9. The van der Waals surface area contributed by atoms with Gasteiger partial charge in [-0.05, 0) is 30.3 Å². The van der Waals surface area contributed by atoms with Gasteiger partial charge in [0.2, 0.25) is 0 Å². The number of rotatable bonds is 3. The number of nitrogens with one attached hydrogen (secondary N) is 1. The molecule has 0 unspecified atom stereocenters. The third-order valence-corrected chi connectivity index (χ3v) is 3.03. The average Bonchev–Trinajstić information content (AvgIpc) is 2.33. The molecule has 94 valence electrons. The van der Waals surface area contributed by atoms with Gasteiger partial charge >= 0.3 is 0 Å². The van der Waals surface area contributed by atoms with Crippen LogP contribution in [0.5, 0.6) is 0 Å². The fourth-order valence-electron chi connectivity index (χ4n) is 1.52. The molecule has 0 aliphatic heterocycles. The average molecular weight is 288 g/mol. The van der Waals surface area contributed by atoms with Crippen LogP contribution in [0.1, 0.15) is 5.56 Å². The third kappa shape index (κ3) is 2.92. The summed E-state index contributed by atoms with van der Waals surface area (Å²) in [5, 5.41) is 3.47. The van der Waals surface area contributed by atoms with Crippen LogP contribution in [0.2, 0.25) is 10.0 Å². The molecule has 0 amide bonds. The molecule has 0 spiro atoms. The van der Waals surface area contributed by atoms with Crippen molar-refractivity contribution in [3.05, 3.63) is 63.6 Å². The van der Waals surface area contributed by atoms with Crippen molar-refractivity contribution in [2.24, 2.45) is 0 Å². The summed E-state index contributed by atoms with van der Waals surface area (Å²) >= 11 is 11.6. The lowest BCUT2D eigenvalue weighted by Crippen LogP contribution is -2.04. The molecule has 0 saturated carbocycles. The molecule has 0 fully saturated rings. The SMILES string of the molecule is Fc1ccc(Cl)cc1NCc1c(F)cccc1Cl. The van der Waals surface area contributed by atoms with Gasteiger partial charge in [0, 0.05) is 22.2 Å². The maximum atomic E-state index is 13.5. The second-order valence-corrected chi connectivity index (χ2v) is 4.52.